The lowest BCUT2D eigenvalue weighted by molar-refractivity contribution is 0.557. The zero-order valence-corrected chi connectivity index (χ0v) is 9.79. The Hall–Kier alpha value is -1.64. The summed E-state index contributed by atoms with van der Waals surface area (Å²) in [5.74, 6) is 0. The van der Waals surface area contributed by atoms with Crippen molar-refractivity contribution in [2.75, 3.05) is 0 Å². The van der Waals surface area contributed by atoms with Crippen LogP contribution in [0.5, 0.6) is 0 Å². The fraction of sp³-hybridized carbons (Fsp3) is 0.200. The molecule has 88 valence electrons. The maximum atomic E-state index is 6.15. The van der Waals surface area contributed by atoms with Crippen LogP contribution in [-0.2, 0) is 0 Å². The van der Waals surface area contributed by atoms with Crippen molar-refractivity contribution in [3.8, 4) is 0 Å². The second-order valence-corrected chi connectivity index (χ2v) is 4.27. The van der Waals surface area contributed by atoms with Crippen LogP contribution in [0.2, 0.25) is 0 Å². The van der Waals surface area contributed by atoms with Crippen LogP contribution in [0.15, 0.2) is 60.7 Å². The van der Waals surface area contributed by atoms with Crippen LogP contribution in [0.25, 0.3) is 0 Å². The average molecular weight is 226 g/mol. The molecule has 0 fully saturated rings. The van der Waals surface area contributed by atoms with Crippen molar-refractivity contribution in [1.82, 2.24) is 0 Å². The third kappa shape index (κ3) is 3.16. The van der Waals surface area contributed by atoms with E-state index in [1.807, 2.05) is 60.7 Å². The van der Waals surface area contributed by atoms with E-state index in [9.17, 15) is 0 Å². The Morgan fingerprint density at radius 1 is 0.647 bits per heavy atom. The first kappa shape index (κ1) is 11.8. The van der Waals surface area contributed by atoms with E-state index in [4.69, 9.17) is 11.5 Å². The quantitative estimate of drug-likeness (QED) is 0.842. The smallest absolute Gasteiger partial charge is 0.0313 e. The molecule has 2 heteroatoms. The van der Waals surface area contributed by atoms with Crippen molar-refractivity contribution in [1.29, 1.82) is 0 Å². The molecule has 0 aliphatic carbocycles. The van der Waals surface area contributed by atoms with E-state index >= 15 is 0 Å². The molecule has 0 aliphatic heterocycles. The van der Waals surface area contributed by atoms with Crippen molar-refractivity contribution >= 4 is 0 Å². The Morgan fingerprint density at radius 3 is 1.35 bits per heavy atom. The summed E-state index contributed by atoms with van der Waals surface area (Å²) >= 11 is 0. The first-order valence-corrected chi connectivity index (χ1v) is 5.88. The van der Waals surface area contributed by atoms with Gasteiger partial charge in [0.1, 0.15) is 0 Å². The van der Waals surface area contributed by atoms with Crippen LogP contribution in [0, 0.1) is 0 Å². The number of hydrogen-bond acceptors (Lipinski definition) is 2. The fourth-order valence-electron chi connectivity index (χ4n) is 1.95. The van der Waals surface area contributed by atoms with E-state index in [2.05, 4.69) is 0 Å². The predicted molar refractivity (Wildman–Crippen MR) is 71.4 cm³/mol. The molecule has 0 radical (unpaired) electrons. The van der Waals surface area contributed by atoms with Crippen molar-refractivity contribution < 1.29 is 0 Å². The van der Waals surface area contributed by atoms with Gasteiger partial charge < -0.3 is 11.5 Å². The molecular weight excluding hydrogens is 208 g/mol. The molecule has 0 bridgehead atoms. The van der Waals surface area contributed by atoms with E-state index in [0.717, 1.165) is 17.5 Å². The Balaban J connectivity index is 2.02. The molecule has 0 saturated carbocycles. The molecule has 4 N–H and O–H groups in total. The van der Waals surface area contributed by atoms with Gasteiger partial charge in [-0.25, -0.2) is 0 Å². The summed E-state index contributed by atoms with van der Waals surface area (Å²) < 4.78 is 0. The molecule has 0 aliphatic rings. The summed E-state index contributed by atoms with van der Waals surface area (Å²) in [5, 5.41) is 0. The van der Waals surface area contributed by atoms with Gasteiger partial charge >= 0.3 is 0 Å². The summed E-state index contributed by atoms with van der Waals surface area (Å²) in [4.78, 5) is 0. The Morgan fingerprint density at radius 2 is 1.00 bits per heavy atom. The minimum Gasteiger partial charge on any atom is -0.324 e. The Labute approximate surface area is 102 Å². The first-order chi connectivity index (χ1) is 8.27. The van der Waals surface area contributed by atoms with Crippen molar-refractivity contribution in [3.05, 3.63) is 71.8 Å². The highest BCUT2D eigenvalue weighted by Gasteiger charge is 2.12. The lowest BCUT2D eigenvalue weighted by Gasteiger charge is -2.18. The third-order valence-electron chi connectivity index (χ3n) is 2.96. The normalized spacial score (nSPS) is 14.2. The van der Waals surface area contributed by atoms with Gasteiger partial charge in [0.25, 0.3) is 0 Å². The molecule has 2 rings (SSSR count). The molecule has 2 aromatic carbocycles. The molecule has 0 heterocycles. The topological polar surface area (TPSA) is 52.0 Å². The maximum Gasteiger partial charge on any atom is 0.0313 e. The first-order valence-electron chi connectivity index (χ1n) is 5.88. The summed E-state index contributed by atoms with van der Waals surface area (Å²) in [6.07, 6.45) is 0.758. The van der Waals surface area contributed by atoms with Gasteiger partial charge in [-0.15, -0.1) is 0 Å². The number of nitrogens with two attached hydrogens (primary N) is 2. The number of rotatable bonds is 4. The van der Waals surface area contributed by atoms with E-state index in [1.165, 1.54) is 0 Å². The second kappa shape index (κ2) is 5.62. The van der Waals surface area contributed by atoms with Gasteiger partial charge in [0, 0.05) is 12.1 Å². The molecule has 2 aromatic rings. The largest absolute Gasteiger partial charge is 0.324 e. The summed E-state index contributed by atoms with van der Waals surface area (Å²) in [6.45, 7) is 0. The Bertz CT molecular complexity index is 395. The highest BCUT2D eigenvalue weighted by Crippen LogP contribution is 2.22. The van der Waals surface area contributed by atoms with Crippen LogP contribution in [0.1, 0.15) is 29.6 Å². The molecule has 2 nitrogen and oxygen atoms in total. The lowest BCUT2D eigenvalue weighted by Crippen LogP contribution is -2.19. The lowest BCUT2D eigenvalue weighted by atomic mass is 9.96. The van der Waals surface area contributed by atoms with Crippen LogP contribution in [0.4, 0.5) is 0 Å². The van der Waals surface area contributed by atoms with Crippen LogP contribution >= 0.6 is 0 Å². The van der Waals surface area contributed by atoms with Crippen LogP contribution in [-0.4, -0.2) is 0 Å². The van der Waals surface area contributed by atoms with Gasteiger partial charge in [-0.2, -0.15) is 0 Å². The minimum absolute atomic E-state index is 0.00796. The minimum atomic E-state index is -0.00796. The highest BCUT2D eigenvalue weighted by atomic mass is 14.7. The SMILES string of the molecule is N[C@@H](C[C@H](N)c1ccccc1)c1ccccc1. The number of benzene rings is 2. The van der Waals surface area contributed by atoms with Gasteiger partial charge in [-0.3, -0.25) is 0 Å². The van der Waals surface area contributed by atoms with Gasteiger partial charge in [-0.1, -0.05) is 60.7 Å². The predicted octanol–water partition coefficient (Wildman–Crippen LogP) is 2.78. The third-order valence-corrected chi connectivity index (χ3v) is 2.96. The fourth-order valence-corrected chi connectivity index (χ4v) is 1.95. The van der Waals surface area contributed by atoms with Gasteiger partial charge in [-0.05, 0) is 17.5 Å². The molecule has 0 aromatic heterocycles. The Kier molecular flexibility index (Phi) is 3.91. The highest BCUT2D eigenvalue weighted by molar-refractivity contribution is 5.22. The van der Waals surface area contributed by atoms with Crippen molar-refractivity contribution in [2.24, 2.45) is 11.5 Å². The molecule has 2 atom stereocenters. The molecule has 0 spiro atoms. The molecular formula is C15H18N2. The average Bonchev–Trinajstić information content (AvgIpc) is 2.40. The zero-order chi connectivity index (χ0) is 12.1. The van der Waals surface area contributed by atoms with Gasteiger partial charge in [0.05, 0.1) is 0 Å². The van der Waals surface area contributed by atoms with Crippen LogP contribution < -0.4 is 11.5 Å². The molecule has 0 unspecified atom stereocenters. The zero-order valence-electron chi connectivity index (χ0n) is 9.79. The maximum absolute atomic E-state index is 6.15. The monoisotopic (exact) mass is 226 g/mol. The van der Waals surface area contributed by atoms with Gasteiger partial charge in [0.15, 0.2) is 0 Å². The molecule has 0 saturated heterocycles. The van der Waals surface area contributed by atoms with Crippen LogP contribution in [0.3, 0.4) is 0 Å². The standard InChI is InChI=1S/C15H18N2/c16-14(12-7-3-1-4-8-12)11-15(17)13-9-5-2-6-10-13/h1-10,14-15H,11,16-17H2/t14-,15-/m0/s1. The van der Waals surface area contributed by atoms with E-state index in [1.54, 1.807) is 0 Å². The molecule has 0 amide bonds. The van der Waals surface area contributed by atoms with Gasteiger partial charge in [0.2, 0.25) is 0 Å². The molecule has 17 heavy (non-hydrogen) atoms. The van der Waals surface area contributed by atoms with Crippen molar-refractivity contribution in [3.63, 3.8) is 0 Å². The van der Waals surface area contributed by atoms with Crippen molar-refractivity contribution in [2.45, 2.75) is 18.5 Å². The summed E-state index contributed by atoms with van der Waals surface area (Å²) in [7, 11) is 0. The van der Waals surface area contributed by atoms with E-state index < -0.39 is 0 Å². The van der Waals surface area contributed by atoms with E-state index in [0.29, 0.717) is 0 Å². The van der Waals surface area contributed by atoms with E-state index in [-0.39, 0.29) is 12.1 Å². The summed E-state index contributed by atoms with van der Waals surface area (Å²) in [5.41, 5.74) is 14.6. The second-order valence-electron chi connectivity index (χ2n) is 4.27. The summed E-state index contributed by atoms with van der Waals surface area (Å²) in [6, 6.07) is 20.2. The number of hydrogen-bond donors (Lipinski definition) is 2.